The number of methoxy groups -OCH3 is 1. The van der Waals surface area contributed by atoms with Crippen LogP contribution in [-0.4, -0.2) is 29.6 Å². The van der Waals surface area contributed by atoms with E-state index in [9.17, 15) is 23.7 Å². The second kappa shape index (κ2) is 6.03. The molecule has 0 N–H and O–H groups in total. The van der Waals surface area contributed by atoms with Gasteiger partial charge in [-0.1, -0.05) is 0 Å². The van der Waals surface area contributed by atoms with Crippen LogP contribution in [0.4, 0.5) is 14.5 Å². The Labute approximate surface area is 106 Å². The third kappa shape index (κ3) is 3.12. The molecule has 0 saturated carbocycles. The van der Waals surface area contributed by atoms with Gasteiger partial charge in [-0.3, -0.25) is 10.1 Å². The summed E-state index contributed by atoms with van der Waals surface area (Å²) in [6, 6.07) is 0.558. The van der Waals surface area contributed by atoms with Crippen LogP contribution in [0.3, 0.4) is 0 Å². The van der Waals surface area contributed by atoms with E-state index in [0.29, 0.717) is 6.07 Å². The number of nitrogens with zero attached hydrogens (tertiary/aromatic N) is 2. The second-order valence-corrected chi connectivity index (χ2v) is 3.23. The number of rotatable bonds is 5. The molecule has 0 saturated heterocycles. The molecule has 0 aliphatic carbocycles. The molecule has 1 heterocycles. The Balaban J connectivity index is 3.44. The number of ether oxygens (including phenoxy) is 2. The highest BCUT2D eigenvalue weighted by atomic mass is 19.3. The smallest absolute Gasteiger partial charge is 0.357 e. The van der Waals surface area contributed by atoms with Crippen molar-refractivity contribution >= 4 is 11.7 Å². The molecule has 0 aliphatic heterocycles. The van der Waals surface area contributed by atoms with Gasteiger partial charge in [-0.05, 0) is 6.92 Å². The zero-order valence-electron chi connectivity index (χ0n) is 10.1. The van der Waals surface area contributed by atoms with Crippen molar-refractivity contribution < 1.29 is 28.0 Å². The van der Waals surface area contributed by atoms with Gasteiger partial charge in [0.25, 0.3) is 12.3 Å². The first-order valence-electron chi connectivity index (χ1n) is 5.10. The fourth-order valence-corrected chi connectivity index (χ4v) is 1.31. The number of carbonyl (C=O) groups is 1. The first kappa shape index (κ1) is 14.7. The predicted octanol–water partition coefficient (Wildman–Crippen LogP) is 2.11. The molecule has 1 aromatic rings. The van der Waals surface area contributed by atoms with Gasteiger partial charge in [-0.15, -0.1) is 0 Å². The van der Waals surface area contributed by atoms with E-state index in [4.69, 9.17) is 0 Å². The standard InChI is InChI=1S/C10H10F2N2O5/c1-3-19-10(15)7-5(8(11)12)4-6(14(16)17)9(13-7)18-2/h4,8H,3H2,1-2H3. The lowest BCUT2D eigenvalue weighted by Gasteiger charge is -2.09. The maximum Gasteiger partial charge on any atom is 0.357 e. The summed E-state index contributed by atoms with van der Waals surface area (Å²) in [6.07, 6.45) is -3.10. The highest BCUT2D eigenvalue weighted by molar-refractivity contribution is 5.89. The topological polar surface area (TPSA) is 91.6 Å². The normalized spacial score (nSPS) is 10.4. The first-order chi connectivity index (χ1) is 8.92. The zero-order valence-corrected chi connectivity index (χ0v) is 10.1. The monoisotopic (exact) mass is 276 g/mol. The number of esters is 1. The van der Waals surface area contributed by atoms with E-state index in [2.05, 4.69) is 14.5 Å². The van der Waals surface area contributed by atoms with E-state index in [1.54, 1.807) is 0 Å². The maximum atomic E-state index is 12.8. The van der Waals surface area contributed by atoms with Crippen molar-refractivity contribution in [3.05, 3.63) is 27.4 Å². The van der Waals surface area contributed by atoms with Crippen molar-refractivity contribution in [3.63, 3.8) is 0 Å². The Kier molecular flexibility index (Phi) is 4.67. The number of hydrogen-bond acceptors (Lipinski definition) is 6. The van der Waals surface area contributed by atoms with Gasteiger partial charge < -0.3 is 9.47 Å². The summed E-state index contributed by atoms with van der Waals surface area (Å²) in [5, 5.41) is 10.7. The number of hydrogen-bond donors (Lipinski definition) is 0. The van der Waals surface area contributed by atoms with E-state index < -0.39 is 40.1 Å². The summed E-state index contributed by atoms with van der Waals surface area (Å²) in [7, 11) is 1.08. The summed E-state index contributed by atoms with van der Waals surface area (Å²) < 4.78 is 34.8. The summed E-state index contributed by atoms with van der Waals surface area (Å²) in [5.74, 6) is -1.62. The lowest BCUT2D eigenvalue weighted by molar-refractivity contribution is -0.386. The number of carbonyl (C=O) groups excluding carboxylic acids is 1. The third-order valence-corrected chi connectivity index (χ3v) is 2.09. The third-order valence-electron chi connectivity index (χ3n) is 2.09. The summed E-state index contributed by atoms with van der Waals surface area (Å²) in [4.78, 5) is 24.7. The van der Waals surface area contributed by atoms with Crippen LogP contribution >= 0.6 is 0 Å². The van der Waals surface area contributed by atoms with E-state index in [0.717, 1.165) is 7.11 Å². The second-order valence-electron chi connectivity index (χ2n) is 3.23. The number of nitro groups is 1. The Morgan fingerprint density at radius 3 is 2.63 bits per heavy atom. The van der Waals surface area contributed by atoms with E-state index in [1.807, 2.05) is 0 Å². The molecule has 1 rings (SSSR count). The molecule has 1 aromatic heterocycles. The van der Waals surface area contributed by atoms with Gasteiger partial charge in [0, 0.05) is 6.07 Å². The highest BCUT2D eigenvalue weighted by Crippen LogP contribution is 2.32. The molecule has 9 heteroatoms. The van der Waals surface area contributed by atoms with Crippen molar-refractivity contribution in [2.75, 3.05) is 13.7 Å². The number of halogens is 2. The average molecular weight is 276 g/mol. The quantitative estimate of drug-likeness (QED) is 0.464. The van der Waals surface area contributed by atoms with Crippen molar-refractivity contribution in [2.45, 2.75) is 13.3 Å². The lowest BCUT2D eigenvalue weighted by atomic mass is 10.2. The molecule has 0 spiro atoms. The lowest BCUT2D eigenvalue weighted by Crippen LogP contribution is -2.13. The Bertz CT molecular complexity index is 507. The molecule has 0 unspecified atom stereocenters. The van der Waals surface area contributed by atoms with Crippen LogP contribution in [0.15, 0.2) is 6.07 Å². The minimum absolute atomic E-state index is 0.0392. The Hall–Kier alpha value is -2.32. The molecular formula is C10H10F2N2O5. The molecule has 0 fully saturated rings. The van der Waals surface area contributed by atoms with Crippen LogP contribution in [0.25, 0.3) is 0 Å². The Morgan fingerprint density at radius 2 is 2.21 bits per heavy atom. The summed E-state index contributed by atoms with van der Waals surface area (Å²) in [5.41, 5.74) is -2.31. The minimum atomic E-state index is -3.10. The fourth-order valence-electron chi connectivity index (χ4n) is 1.31. The van der Waals surface area contributed by atoms with Gasteiger partial charge in [0.15, 0.2) is 5.69 Å². The van der Waals surface area contributed by atoms with Gasteiger partial charge in [-0.2, -0.15) is 4.98 Å². The maximum absolute atomic E-state index is 12.8. The molecule has 7 nitrogen and oxygen atoms in total. The largest absolute Gasteiger partial charge is 0.476 e. The molecule has 0 bridgehead atoms. The van der Waals surface area contributed by atoms with E-state index >= 15 is 0 Å². The van der Waals surface area contributed by atoms with E-state index in [1.165, 1.54) is 6.92 Å². The van der Waals surface area contributed by atoms with Gasteiger partial charge in [0.1, 0.15) is 0 Å². The van der Waals surface area contributed by atoms with Crippen LogP contribution in [0.5, 0.6) is 5.88 Å². The molecule has 0 amide bonds. The molecule has 0 atom stereocenters. The number of pyridine rings is 1. The van der Waals surface area contributed by atoms with Crippen LogP contribution in [0.1, 0.15) is 29.4 Å². The van der Waals surface area contributed by atoms with Crippen molar-refractivity contribution in [1.82, 2.24) is 4.98 Å². The fraction of sp³-hybridized carbons (Fsp3) is 0.400. The van der Waals surface area contributed by atoms with Crippen molar-refractivity contribution in [2.24, 2.45) is 0 Å². The van der Waals surface area contributed by atoms with Crippen molar-refractivity contribution in [1.29, 1.82) is 0 Å². The van der Waals surface area contributed by atoms with Crippen LogP contribution in [0, 0.1) is 10.1 Å². The van der Waals surface area contributed by atoms with Gasteiger partial charge in [-0.25, -0.2) is 13.6 Å². The molecule has 19 heavy (non-hydrogen) atoms. The molecule has 0 aromatic carbocycles. The minimum Gasteiger partial charge on any atom is -0.476 e. The molecular weight excluding hydrogens is 266 g/mol. The molecule has 0 aliphatic rings. The highest BCUT2D eigenvalue weighted by Gasteiger charge is 2.28. The predicted molar refractivity (Wildman–Crippen MR) is 58.4 cm³/mol. The Morgan fingerprint density at radius 1 is 1.58 bits per heavy atom. The zero-order chi connectivity index (χ0) is 14.6. The SMILES string of the molecule is CCOC(=O)c1nc(OC)c([N+](=O)[O-])cc1C(F)F. The first-order valence-corrected chi connectivity index (χ1v) is 5.10. The van der Waals surface area contributed by atoms with Crippen LogP contribution < -0.4 is 4.74 Å². The summed E-state index contributed by atoms with van der Waals surface area (Å²) >= 11 is 0. The van der Waals surface area contributed by atoms with Crippen LogP contribution in [0.2, 0.25) is 0 Å². The van der Waals surface area contributed by atoms with Gasteiger partial charge in [0.2, 0.25) is 0 Å². The molecule has 0 radical (unpaired) electrons. The van der Waals surface area contributed by atoms with Gasteiger partial charge >= 0.3 is 11.7 Å². The average Bonchev–Trinajstić information content (AvgIpc) is 2.36. The van der Waals surface area contributed by atoms with Crippen LogP contribution in [-0.2, 0) is 4.74 Å². The van der Waals surface area contributed by atoms with Crippen molar-refractivity contribution in [3.8, 4) is 5.88 Å². The van der Waals surface area contributed by atoms with E-state index in [-0.39, 0.29) is 6.61 Å². The summed E-state index contributed by atoms with van der Waals surface area (Å²) in [6.45, 7) is 1.45. The number of alkyl halides is 2. The molecule has 104 valence electrons. The van der Waals surface area contributed by atoms with Gasteiger partial charge in [0.05, 0.1) is 24.2 Å². The number of aromatic nitrogens is 1.